The maximum atomic E-state index is 13.8. The summed E-state index contributed by atoms with van der Waals surface area (Å²) in [7, 11) is 1.76. The van der Waals surface area contributed by atoms with Gasteiger partial charge in [0.2, 0.25) is 0 Å². The Balaban J connectivity index is 2.32. The standard InChI is InChI=1S/C14H14FN5/c1-3-12-19-13(17-2)7-14(20-12)18-11-5-4-9(8-16)6-10(11)15/h4-7H,3H2,1-2H3,(H2,17,18,19,20). The van der Waals surface area contributed by atoms with Crippen molar-refractivity contribution in [1.82, 2.24) is 9.97 Å². The monoisotopic (exact) mass is 271 g/mol. The molecule has 20 heavy (non-hydrogen) atoms. The molecule has 0 radical (unpaired) electrons. The fourth-order valence-corrected chi connectivity index (χ4v) is 1.67. The van der Waals surface area contributed by atoms with Gasteiger partial charge in [0.25, 0.3) is 0 Å². The summed E-state index contributed by atoms with van der Waals surface area (Å²) in [4.78, 5) is 8.55. The van der Waals surface area contributed by atoms with E-state index in [-0.39, 0.29) is 11.3 Å². The second kappa shape index (κ2) is 5.97. The highest BCUT2D eigenvalue weighted by atomic mass is 19.1. The molecular weight excluding hydrogens is 257 g/mol. The Morgan fingerprint density at radius 2 is 2.00 bits per heavy atom. The largest absolute Gasteiger partial charge is 0.373 e. The van der Waals surface area contributed by atoms with Crippen LogP contribution in [0.15, 0.2) is 24.3 Å². The molecule has 102 valence electrons. The highest BCUT2D eigenvalue weighted by Crippen LogP contribution is 2.21. The van der Waals surface area contributed by atoms with Gasteiger partial charge < -0.3 is 10.6 Å². The first kappa shape index (κ1) is 13.7. The Morgan fingerprint density at radius 1 is 1.25 bits per heavy atom. The highest BCUT2D eigenvalue weighted by Gasteiger charge is 2.07. The molecule has 0 aliphatic rings. The van der Waals surface area contributed by atoms with E-state index in [1.807, 2.05) is 13.0 Å². The van der Waals surface area contributed by atoms with Gasteiger partial charge in [0.1, 0.15) is 23.3 Å². The molecule has 0 unspecified atom stereocenters. The summed E-state index contributed by atoms with van der Waals surface area (Å²) in [5.41, 5.74) is 0.549. The fourth-order valence-electron chi connectivity index (χ4n) is 1.67. The lowest BCUT2D eigenvalue weighted by Crippen LogP contribution is -2.04. The van der Waals surface area contributed by atoms with Crippen LogP contribution in [-0.2, 0) is 6.42 Å². The molecule has 6 heteroatoms. The molecule has 0 atom stereocenters. The lowest BCUT2D eigenvalue weighted by molar-refractivity contribution is 0.631. The molecule has 0 saturated heterocycles. The summed E-state index contributed by atoms with van der Waals surface area (Å²) in [6.07, 6.45) is 0.681. The van der Waals surface area contributed by atoms with E-state index in [0.717, 1.165) is 0 Å². The van der Waals surface area contributed by atoms with Gasteiger partial charge in [-0.05, 0) is 18.2 Å². The number of nitriles is 1. The smallest absolute Gasteiger partial charge is 0.147 e. The summed E-state index contributed by atoms with van der Waals surface area (Å²) in [6.45, 7) is 1.95. The molecule has 0 aliphatic carbocycles. The second-order valence-corrected chi connectivity index (χ2v) is 4.09. The van der Waals surface area contributed by atoms with Crippen LogP contribution in [0.1, 0.15) is 18.3 Å². The van der Waals surface area contributed by atoms with E-state index in [1.54, 1.807) is 19.2 Å². The average Bonchev–Trinajstić information content (AvgIpc) is 2.48. The van der Waals surface area contributed by atoms with Crippen molar-refractivity contribution in [3.05, 3.63) is 41.5 Å². The van der Waals surface area contributed by atoms with E-state index in [2.05, 4.69) is 20.6 Å². The highest BCUT2D eigenvalue weighted by molar-refractivity contribution is 5.60. The van der Waals surface area contributed by atoms with E-state index < -0.39 is 5.82 Å². The Bertz CT molecular complexity index is 641. The number of benzene rings is 1. The van der Waals surface area contributed by atoms with Crippen LogP contribution < -0.4 is 10.6 Å². The maximum absolute atomic E-state index is 13.8. The number of aromatic nitrogens is 2. The van der Waals surface area contributed by atoms with Crippen molar-refractivity contribution < 1.29 is 4.39 Å². The van der Waals surface area contributed by atoms with Crippen LogP contribution in [0, 0.1) is 17.1 Å². The molecule has 0 saturated carbocycles. The average molecular weight is 271 g/mol. The molecule has 0 amide bonds. The molecule has 1 aromatic carbocycles. The summed E-state index contributed by atoms with van der Waals surface area (Å²) in [5, 5.41) is 14.5. The van der Waals surface area contributed by atoms with Gasteiger partial charge in [0.05, 0.1) is 17.3 Å². The minimum atomic E-state index is -0.494. The van der Waals surface area contributed by atoms with Gasteiger partial charge in [-0.1, -0.05) is 6.92 Å². The van der Waals surface area contributed by atoms with Crippen molar-refractivity contribution in [3.8, 4) is 6.07 Å². The van der Waals surface area contributed by atoms with Gasteiger partial charge in [-0.2, -0.15) is 5.26 Å². The minimum absolute atomic E-state index is 0.270. The summed E-state index contributed by atoms with van der Waals surface area (Å²) in [6, 6.07) is 7.83. The van der Waals surface area contributed by atoms with E-state index in [9.17, 15) is 4.39 Å². The minimum Gasteiger partial charge on any atom is -0.373 e. The van der Waals surface area contributed by atoms with Gasteiger partial charge in [0.15, 0.2) is 0 Å². The molecule has 2 rings (SSSR count). The molecular formula is C14H14FN5. The molecule has 5 nitrogen and oxygen atoms in total. The van der Waals surface area contributed by atoms with Crippen molar-refractivity contribution in [3.63, 3.8) is 0 Å². The van der Waals surface area contributed by atoms with E-state index >= 15 is 0 Å². The van der Waals surface area contributed by atoms with E-state index in [4.69, 9.17) is 5.26 Å². The van der Waals surface area contributed by atoms with E-state index in [1.165, 1.54) is 12.1 Å². The van der Waals surface area contributed by atoms with Gasteiger partial charge >= 0.3 is 0 Å². The fraction of sp³-hybridized carbons (Fsp3) is 0.214. The Hall–Kier alpha value is -2.68. The van der Waals surface area contributed by atoms with Gasteiger partial charge in [0, 0.05) is 19.5 Å². The van der Waals surface area contributed by atoms with Gasteiger partial charge in [-0.15, -0.1) is 0 Å². The summed E-state index contributed by atoms with van der Waals surface area (Å²) in [5.74, 6) is 1.33. The molecule has 2 aromatic rings. The number of halogens is 1. The second-order valence-electron chi connectivity index (χ2n) is 4.09. The van der Waals surface area contributed by atoms with Crippen molar-refractivity contribution in [2.75, 3.05) is 17.7 Å². The zero-order chi connectivity index (χ0) is 14.5. The van der Waals surface area contributed by atoms with Crippen LogP contribution in [0.4, 0.5) is 21.7 Å². The number of nitrogens with zero attached hydrogens (tertiary/aromatic N) is 3. The van der Waals surface area contributed by atoms with Crippen LogP contribution in [0.25, 0.3) is 0 Å². The Labute approximate surface area is 116 Å². The number of aryl methyl sites for hydroxylation is 1. The lowest BCUT2D eigenvalue weighted by atomic mass is 10.2. The first-order valence-corrected chi connectivity index (χ1v) is 6.18. The van der Waals surface area contributed by atoms with Crippen molar-refractivity contribution in [1.29, 1.82) is 5.26 Å². The number of hydrogen-bond donors (Lipinski definition) is 2. The quantitative estimate of drug-likeness (QED) is 0.894. The van der Waals surface area contributed by atoms with E-state index in [0.29, 0.717) is 23.9 Å². The summed E-state index contributed by atoms with van der Waals surface area (Å²) < 4.78 is 13.8. The van der Waals surface area contributed by atoms with Crippen molar-refractivity contribution >= 4 is 17.3 Å². The van der Waals surface area contributed by atoms with Crippen LogP contribution >= 0.6 is 0 Å². The van der Waals surface area contributed by atoms with Gasteiger partial charge in [-0.3, -0.25) is 0 Å². The zero-order valence-electron chi connectivity index (χ0n) is 11.2. The Morgan fingerprint density at radius 3 is 2.60 bits per heavy atom. The lowest BCUT2D eigenvalue weighted by Gasteiger charge is -2.10. The van der Waals surface area contributed by atoms with Crippen molar-refractivity contribution in [2.24, 2.45) is 0 Å². The van der Waals surface area contributed by atoms with Crippen LogP contribution in [0.5, 0.6) is 0 Å². The number of hydrogen-bond acceptors (Lipinski definition) is 5. The molecule has 1 aromatic heterocycles. The van der Waals surface area contributed by atoms with Crippen LogP contribution in [-0.4, -0.2) is 17.0 Å². The number of nitrogens with one attached hydrogen (secondary N) is 2. The predicted molar refractivity (Wildman–Crippen MR) is 75.4 cm³/mol. The Kier molecular flexibility index (Phi) is 4.11. The van der Waals surface area contributed by atoms with Crippen molar-refractivity contribution in [2.45, 2.75) is 13.3 Å². The topological polar surface area (TPSA) is 73.6 Å². The molecule has 1 heterocycles. The number of rotatable bonds is 4. The molecule has 0 fully saturated rings. The molecule has 0 bridgehead atoms. The SMILES string of the molecule is CCc1nc(NC)cc(Nc2ccc(C#N)cc2F)n1. The predicted octanol–water partition coefficient (Wildman–Crippen LogP) is 2.84. The third-order valence-electron chi connectivity index (χ3n) is 2.71. The number of anilines is 3. The third kappa shape index (κ3) is 3.01. The zero-order valence-corrected chi connectivity index (χ0v) is 11.2. The van der Waals surface area contributed by atoms with Crippen LogP contribution in [0.3, 0.4) is 0 Å². The first-order chi connectivity index (χ1) is 9.66. The maximum Gasteiger partial charge on any atom is 0.147 e. The summed E-state index contributed by atoms with van der Waals surface area (Å²) >= 11 is 0. The molecule has 2 N–H and O–H groups in total. The molecule has 0 aliphatic heterocycles. The van der Waals surface area contributed by atoms with Crippen LogP contribution in [0.2, 0.25) is 0 Å². The third-order valence-corrected chi connectivity index (χ3v) is 2.71. The normalized spacial score (nSPS) is 9.90. The molecule has 0 spiro atoms. The first-order valence-electron chi connectivity index (χ1n) is 6.18. The van der Waals surface area contributed by atoms with Gasteiger partial charge in [-0.25, -0.2) is 14.4 Å².